The van der Waals surface area contributed by atoms with Gasteiger partial charge in [0, 0.05) is 31.4 Å². The van der Waals surface area contributed by atoms with Gasteiger partial charge in [-0.3, -0.25) is 4.79 Å². The summed E-state index contributed by atoms with van der Waals surface area (Å²) in [5.41, 5.74) is -4.23. The first-order valence-electron chi connectivity index (χ1n) is 18.7. The molecular weight excluding hydrogens is 666 g/mol. The molecule has 4 saturated heterocycles. The van der Waals surface area contributed by atoms with E-state index in [-0.39, 0.29) is 31.4 Å². The summed E-state index contributed by atoms with van der Waals surface area (Å²) in [5, 5.41) is 57.7. The second-order valence-electron chi connectivity index (χ2n) is 16.9. The van der Waals surface area contributed by atoms with Crippen LogP contribution in [0.2, 0.25) is 0 Å². The first-order chi connectivity index (χ1) is 23.5. The van der Waals surface area contributed by atoms with Crippen molar-refractivity contribution in [1.82, 2.24) is 4.90 Å². The number of esters is 1. The maximum Gasteiger partial charge on any atom is 0.311 e. The van der Waals surface area contributed by atoms with Crippen molar-refractivity contribution in [2.24, 2.45) is 23.7 Å². The molecule has 5 unspecified atom stereocenters. The Bertz CT molecular complexity index is 1190. The second kappa shape index (κ2) is 15.6. The number of ether oxygens (including phenoxy) is 7. The molecule has 0 aromatic rings. The van der Waals surface area contributed by atoms with E-state index in [0.717, 1.165) is 0 Å². The van der Waals surface area contributed by atoms with Crippen LogP contribution in [0.5, 0.6) is 0 Å². The minimum absolute atomic E-state index is 0.139. The lowest BCUT2D eigenvalue weighted by Crippen LogP contribution is -2.61. The largest absolute Gasteiger partial charge is 0.458 e. The maximum absolute atomic E-state index is 14.3. The summed E-state index contributed by atoms with van der Waals surface area (Å²) in [6, 6.07) is -0.269. The van der Waals surface area contributed by atoms with E-state index >= 15 is 0 Å². The zero-order chi connectivity index (χ0) is 38.6. The minimum atomic E-state index is -1.97. The van der Waals surface area contributed by atoms with E-state index in [1.54, 1.807) is 34.6 Å². The SMILES string of the molecule is CC[C@@H](O)[C@@](C)(O)[C@@H]1OC(=O)[C@H](C)[C@@H](O[C@H]2CC(C)(OC)[C@@H](O)C(C)O2)[C@H](C)[C@@H](O[C@@H]2OC(C)CC(N(C)C)C2O)[C@@]2(C)C[C@@H](C)[C@](O)(O2)[C@@H]1C. The standard InChI is InChI=1S/C37H67NO13/c1-14-25(39)36(10,43)31-22(6)37(44)18(2)16-35(9,51-37)30(50-33-27(40)24(38(11)12)15-19(3)46-33)20(4)28(21(5)32(42)49-31)48-26-17-34(8,45-13)29(41)23(7)47-26/h18-31,33,39-41,43-44H,14-17H2,1-13H3/t18-,19?,20+,21-,22-,23?,24?,25-,26+,27?,28+,29+,30-,31-,33+,34?,35-,36-,37+/m1/s1. The van der Waals surface area contributed by atoms with Crippen molar-refractivity contribution < 1.29 is 63.5 Å². The van der Waals surface area contributed by atoms with E-state index in [1.807, 2.05) is 46.7 Å². The van der Waals surface area contributed by atoms with Crippen LogP contribution in [0.25, 0.3) is 0 Å². The molecule has 14 heteroatoms. The van der Waals surface area contributed by atoms with Gasteiger partial charge >= 0.3 is 5.97 Å². The van der Waals surface area contributed by atoms with Crippen molar-refractivity contribution in [3.8, 4) is 0 Å². The molecule has 0 saturated carbocycles. The molecule has 4 rings (SSSR count). The number of hydrogen-bond donors (Lipinski definition) is 5. The number of rotatable bonds is 9. The summed E-state index contributed by atoms with van der Waals surface area (Å²) in [4.78, 5) is 16.2. The molecule has 0 aliphatic carbocycles. The molecular formula is C37H67NO13. The molecule has 4 aliphatic rings. The van der Waals surface area contributed by atoms with Crippen LogP contribution in [0.1, 0.15) is 94.9 Å². The zero-order valence-electron chi connectivity index (χ0n) is 32.9. The van der Waals surface area contributed by atoms with Crippen molar-refractivity contribution in [3.63, 3.8) is 0 Å². The third kappa shape index (κ3) is 8.04. The Morgan fingerprint density at radius 2 is 1.67 bits per heavy atom. The van der Waals surface area contributed by atoms with Crippen LogP contribution in [0.4, 0.5) is 0 Å². The van der Waals surface area contributed by atoms with Crippen LogP contribution in [0, 0.1) is 23.7 Å². The zero-order valence-corrected chi connectivity index (χ0v) is 32.9. The van der Waals surface area contributed by atoms with Gasteiger partial charge in [-0.05, 0) is 74.9 Å². The van der Waals surface area contributed by atoms with Gasteiger partial charge in [0.25, 0.3) is 0 Å². The first-order valence-corrected chi connectivity index (χ1v) is 18.7. The Morgan fingerprint density at radius 3 is 2.24 bits per heavy atom. The summed E-state index contributed by atoms with van der Waals surface area (Å²) < 4.78 is 44.5. The number of fused-ring (bicyclic) bond motifs is 2. The van der Waals surface area contributed by atoms with E-state index in [1.165, 1.54) is 14.0 Å². The highest BCUT2D eigenvalue weighted by Gasteiger charge is 2.64. The van der Waals surface area contributed by atoms with Gasteiger partial charge in [-0.25, -0.2) is 0 Å². The average Bonchev–Trinajstić information content (AvgIpc) is 3.31. The first kappa shape index (κ1) is 42.7. The van der Waals surface area contributed by atoms with Gasteiger partial charge < -0.3 is 63.6 Å². The van der Waals surface area contributed by atoms with E-state index in [4.69, 9.17) is 33.2 Å². The predicted molar refractivity (Wildman–Crippen MR) is 185 cm³/mol. The van der Waals surface area contributed by atoms with Crippen LogP contribution in [0.15, 0.2) is 0 Å². The van der Waals surface area contributed by atoms with Crippen molar-refractivity contribution in [2.45, 2.75) is 185 Å². The smallest absolute Gasteiger partial charge is 0.311 e. The monoisotopic (exact) mass is 733 g/mol. The number of carbonyl (C=O) groups is 1. The number of likely N-dealkylation sites (N-methyl/N-ethyl adjacent to an activating group) is 1. The number of aliphatic hydroxyl groups excluding tert-OH is 3. The highest BCUT2D eigenvalue weighted by molar-refractivity contribution is 5.73. The quantitative estimate of drug-likeness (QED) is 0.217. The summed E-state index contributed by atoms with van der Waals surface area (Å²) in [5.74, 6) is -5.94. The molecule has 51 heavy (non-hydrogen) atoms. The topological polar surface area (TPSA) is 186 Å². The number of carbonyl (C=O) groups excluding carboxylic acids is 1. The lowest BCUT2D eigenvalue weighted by Gasteiger charge is -2.48. The third-order valence-corrected chi connectivity index (χ3v) is 12.6. The molecule has 2 bridgehead atoms. The van der Waals surface area contributed by atoms with Crippen LogP contribution >= 0.6 is 0 Å². The minimum Gasteiger partial charge on any atom is -0.458 e. The fourth-order valence-electron chi connectivity index (χ4n) is 9.16. The fourth-order valence-corrected chi connectivity index (χ4v) is 9.16. The molecule has 0 aromatic heterocycles. The van der Waals surface area contributed by atoms with E-state index in [0.29, 0.717) is 6.42 Å². The van der Waals surface area contributed by atoms with Crippen LogP contribution < -0.4 is 0 Å². The Kier molecular flexibility index (Phi) is 13.1. The van der Waals surface area contributed by atoms with E-state index < -0.39 is 108 Å². The van der Waals surface area contributed by atoms with Gasteiger partial charge in [-0.15, -0.1) is 0 Å². The summed E-state index contributed by atoms with van der Waals surface area (Å²) in [6.07, 6.45) is -8.36. The Balaban J connectivity index is 1.86. The lowest BCUT2D eigenvalue weighted by atomic mass is 9.74. The summed E-state index contributed by atoms with van der Waals surface area (Å²) >= 11 is 0. The second-order valence-corrected chi connectivity index (χ2v) is 16.9. The molecule has 298 valence electrons. The molecule has 0 amide bonds. The maximum atomic E-state index is 14.3. The number of nitrogens with zero attached hydrogens (tertiary/aromatic N) is 1. The van der Waals surface area contributed by atoms with Crippen LogP contribution in [-0.2, 0) is 38.0 Å². The van der Waals surface area contributed by atoms with Gasteiger partial charge in [0.15, 0.2) is 18.4 Å². The van der Waals surface area contributed by atoms with Gasteiger partial charge in [0.1, 0.15) is 23.9 Å². The van der Waals surface area contributed by atoms with Crippen molar-refractivity contribution in [2.75, 3.05) is 21.2 Å². The molecule has 4 heterocycles. The van der Waals surface area contributed by atoms with Crippen LogP contribution in [0.3, 0.4) is 0 Å². The van der Waals surface area contributed by atoms with Gasteiger partial charge in [0.2, 0.25) is 0 Å². The summed E-state index contributed by atoms with van der Waals surface area (Å²) in [6.45, 7) is 17.3. The van der Waals surface area contributed by atoms with Gasteiger partial charge in [0.05, 0.1) is 53.6 Å². The van der Waals surface area contributed by atoms with E-state index in [9.17, 15) is 30.3 Å². The van der Waals surface area contributed by atoms with Gasteiger partial charge in [-0.1, -0.05) is 27.7 Å². The van der Waals surface area contributed by atoms with Gasteiger partial charge in [-0.2, -0.15) is 0 Å². The molecule has 5 N–H and O–H groups in total. The average molecular weight is 734 g/mol. The van der Waals surface area contributed by atoms with Crippen molar-refractivity contribution >= 4 is 5.97 Å². The normalized spacial score (nSPS) is 50.3. The molecule has 0 spiro atoms. The number of methoxy groups -OCH3 is 1. The number of hydrogen-bond acceptors (Lipinski definition) is 14. The van der Waals surface area contributed by atoms with Crippen LogP contribution in [-0.4, -0.2) is 148 Å². The molecule has 0 radical (unpaired) electrons. The Morgan fingerprint density at radius 1 is 1.04 bits per heavy atom. The molecule has 14 nitrogen and oxygen atoms in total. The molecule has 0 aromatic carbocycles. The summed E-state index contributed by atoms with van der Waals surface area (Å²) in [7, 11) is 5.28. The third-order valence-electron chi connectivity index (χ3n) is 12.6. The highest BCUT2D eigenvalue weighted by atomic mass is 16.7. The molecule has 19 atom stereocenters. The number of aliphatic hydroxyl groups is 5. The lowest BCUT2D eigenvalue weighted by molar-refractivity contribution is -0.337. The fraction of sp³-hybridized carbons (Fsp3) is 0.973. The molecule has 4 aliphatic heterocycles. The van der Waals surface area contributed by atoms with E-state index in [2.05, 4.69) is 0 Å². The molecule has 4 fully saturated rings. The Hall–Kier alpha value is -1.01. The highest BCUT2D eigenvalue weighted by Crippen LogP contribution is 2.52. The van der Waals surface area contributed by atoms with Crippen molar-refractivity contribution in [3.05, 3.63) is 0 Å². The predicted octanol–water partition coefficient (Wildman–Crippen LogP) is 1.94. The van der Waals surface area contributed by atoms with Crippen molar-refractivity contribution in [1.29, 1.82) is 0 Å². The number of cyclic esters (lactones) is 1. The Labute approximate surface area is 304 Å².